The summed E-state index contributed by atoms with van der Waals surface area (Å²) in [5.74, 6) is 0. The number of anilines is 1. The van der Waals surface area contributed by atoms with Crippen LogP contribution in [0.1, 0.15) is 25.7 Å². The molecule has 0 radical (unpaired) electrons. The predicted molar refractivity (Wildman–Crippen MR) is 71.8 cm³/mol. The quantitative estimate of drug-likeness (QED) is 0.647. The van der Waals surface area contributed by atoms with Crippen LogP contribution in [0.5, 0.6) is 0 Å². The van der Waals surface area contributed by atoms with Gasteiger partial charge in [-0.25, -0.2) is 4.79 Å². The molecule has 0 saturated heterocycles. The van der Waals surface area contributed by atoms with E-state index in [0.29, 0.717) is 5.69 Å². The van der Waals surface area contributed by atoms with Crippen molar-refractivity contribution < 1.29 is 9.72 Å². The smallest absolute Gasteiger partial charge is 0.314 e. The normalized spacial score (nSPS) is 14.0. The summed E-state index contributed by atoms with van der Waals surface area (Å²) in [6.07, 6.45) is 6.18. The van der Waals surface area contributed by atoms with E-state index in [-0.39, 0.29) is 11.7 Å². The summed E-state index contributed by atoms with van der Waals surface area (Å²) < 4.78 is 0. The number of benzene rings is 1. The maximum absolute atomic E-state index is 11.6. The Kier molecular flexibility index (Phi) is 4.12. The lowest BCUT2D eigenvalue weighted by Gasteiger charge is -2.05. The number of rotatable bonds is 3. The van der Waals surface area contributed by atoms with Gasteiger partial charge in [-0.1, -0.05) is 5.57 Å². The van der Waals surface area contributed by atoms with Crippen LogP contribution in [0.3, 0.4) is 0 Å². The highest BCUT2D eigenvalue weighted by atomic mass is 16.6. The van der Waals surface area contributed by atoms with Gasteiger partial charge in [-0.2, -0.15) is 0 Å². The number of non-ortho nitro benzene ring substituents is 1. The number of nitrogens with zero attached hydrogens (tertiary/aromatic N) is 1. The molecule has 2 rings (SSSR count). The van der Waals surface area contributed by atoms with Crippen LogP contribution >= 0.6 is 0 Å². The van der Waals surface area contributed by atoms with Crippen LogP contribution in [-0.4, -0.2) is 11.0 Å². The number of allylic oxidation sites excluding steroid dienone is 1. The largest absolute Gasteiger partial charge is 0.323 e. The molecule has 2 N–H and O–H groups in total. The van der Waals surface area contributed by atoms with Gasteiger partial charge in [-0.15, -0.1) is 0 Å². The number of carbonyl (C=O) groups is 1. The second-order valence-electron chi connectivity index (χ2n) is 4.41. The highest BCUT2D eigenvalue weighted by molar-refractivity contribution is 5.90. The first kappa shape index (κ1) is 13.1. The van der Waals surface area contributed by atoms with E-state index in [0.717, 1.165) is 12.8 Å². The number of nitro groups is 1. The lowest BCUT2D eigenvalue weighted by atomic mass is 10.2. The molecule has 0 spiro atoms. The minimum Gasteiger partial charge on any atom is -0.314 e. The molecule has 1 aromatic rings. The Morgan fingerprint density at radius 2 is 1.84 bits per heavy atom. The molecular weight excluding hydrogens is 246 g/mol. The summed E-state index contributed by atoms with van der Waals surface area (Å²) in [6, 6.07) is 5.37. The molecule has 0 heterocycles. The molecule has 100 valence electrons. The van der Waals surface area contributed by atoms with Crippen LogP contribution in [-0.2, 0) is 0 Å². The number of nitro benzene ring substituents is 1. The third-order valence-corrected chi connectivity index (χ3v) is 2.99. The summed E-state index contributed by atoms with van der Waals surface area (Å²) in [6.45, 7) is 0. The van der Waals surface area contributed by atoms with E-state index in [9.17, 15) is 14.9 Å². The van der Waals surface area contributed by atoms with E-state index < -0.39 is 4.92 Å². The molecule has 0 atom stereocenters. The summed E-state index contributed by atoms with van der Waals surface area (Å²) in [4.78, 5) is 21.6. The first-order valence-corrected chi connectivity index (χ1v) is 6.15. The Morgan fingerprint density at radius 1 is 1.21 bits per heavy atom. The number of amides is 2. The van der Waals surface area contributed by atoms with E-state index in [4.69, 9.17) is 0 Å². The Bertz CT molecular complexity index is 500. The fraction of sp³-hybridized carbons (Fsp3) is 0.308. The molecule has 0 unspecified atom stereocenters. The average Bonchev–Trinajstić information content (AvgIpc) is 2.90. The van der Waals surface area contributed by atoms with Crippen molar-refractivity contribution in [2.24, 2.45) is 0 Å². The minimum absolute atomic E-state index is 0.000896. The van der Waals surface area contributed by atoms with Gasteiger partial charge in [-0.05, 0) is 37.8 Å². The lowest BCUT2D eigenvalue weighted by Crippen LogP contribution is -2.24. The van der Waals surface area contributed by atoms with Gasteiger partial charge in [-0.3, -0.25) is 10.1 Å². The fourth-order valence-corrected chi connectivity index (χ4v) is 1.97. The molecular formula is C13H15N3O3. The summed E-state index contributed by atoms with van der Waals surface area (Å²) in [5, 5.41) is 15.8. The van der Waals surface area contributed by atoms with Crippen LogP contribution < -0.4 is 10.6 Å². The van der Waals surface area contributed by atoms with Crippen LogP contribution in [0.2, 0.25) is 0 Å². The van der Waals surface area contributed by atoms with Crippen molar-refractivity contribution in [1.82, 2.24) is 5.32 Å². The summed E-state index contributed by atoms with van der Waals surface area (Å²) in [5.41, 5.74) is 1.77. The molecule has 1 fully saturated rings. The van der Waals surface area contributed by atoms with Crippen molar-refractivity contribution in [3.05, 3.63) is 46.2 Å². The zero-order valence-electron chi connectivity index (χ0n) is 10.4. The van der Waals surface area contributed by atoms with Crippen molar-refractivity contribution >= 4 is 17.4 Å². The molecule has 2 amide bonds. The van der Waals surface area contributed by atoms with Gasteiger partial charge < -0.3 is 10.6 Å². The van der Waals surface area contributed by atoms with Gasteiger partial charge in [0.15, 0.2) is 0 Å². The Morgan fingerprint density at radius 3 is 2.42 bits per heavy atom. The zero-order valence-corrected chi connectivity index (χ0v) is 10.4. The maximum atomic E-state index is 11.6. The van der Waals surface area contributed by atoms with Crippen molar-refractivity contribution in [3.63, 3.8) is 0 Å². The van der Waals surface area contributed by atoms with E-state index in [1.165, 1.54) is 42.7 Å². The summed E-state index contributed by atoms with van der Waals surface area (Å²) >= 11 is 0. The Labute approximate surface area is 110 Å². The average molecular weight is 261 g/mol. The Hall–Kier alpha value is -2.37. The number of hydrogen-bond donors (Lipinski definition) is 2. The number of urea groups is 1. The van der Waals surface area contributed by atoms with Gasteiger partial charge in [0.1, 0.15) is 0 Å². The van der Waals surface area contributed by atoms with Crippen molar-refractivity contribution in [2.45, 2.75) is 25.7 Å². The molecule has 6 nitrogen and oxygen atoms in total. The van der Waals surface area contributed by atoms with Crippen LogP contribution in [0.4, 0.5) is 16.2 Å². The molecule has 0 aromatic heterocycles. The van der Waals surface area contributed by atoms with Gasteiger partial charge >= 0.3 is 6.03 Å². The molecule has 1 aliphatic rings. The number of carbonyl (C=O) groups excluding carboxylic acids is 1. The second-order valence-corrected chi connectivity index (χ2v) is 4.41. The number of nitrogens with one attached hydrogen (secondary N) is 2. The van der Waals surface area contributed by atoms with Gasteiger partial charge in [0, 0.05) is 24.0 Å². The van der Waals surface area contributed by atoms with Crippen molar-refractivity contribution in [1.29, 1.82) is 0 Å². The van der Waals surface area contributed by atoms with Gasteiger partial charge in [0.2, 0.25) is 0 Å². The van der Waals surface area contributed by atoms with Crippen LogP contribution in [0, 0.1) is 10.1 Å². The van der Waals surface area contributed by atoms with E-state index in [1.807, 2.05) is 0 Å². The molecule has 0 aliphatic heterocycles. The highest BCUT2D eigenvalue weighted by Crippen LogP contribution is 2.22. The molecule has 6 heteroatoms. The van der Waals surface area contributed by atoms with Crippen LogP contribution in [0.15, 0.2) is 36.0 Å². The zero-order chi connectivity index (χ0) is 13.7. The lowest BCUT2D eigenvalue weighted by molar-refractivity contribution is -0.384. The molecule has 1 aromatic carbocycles. The van der Waals surface area contributed by atoms with E-state index >= 15 is 0 Å². The highest BCUT2D eigenvalue weighted by Gasteiger charge is 2.08. The molecule has 1 aliphatic carbocycles. The van der Waals surface area contributed by atoms with Gasteiger partial charge in [0.25, 0.3) is 5.69 Å². The number of hydrogen-bond acceptors (Lipinski definition) is 3. The SMILES string of the molecule is O=C(NC=C1CCCC1)Nc1ccc([N+](=O)[O-])cc1. The maximum Gasteiger partial charge on any atom is 0.323 e. The minimum atomic E-state index is -0.478. The van der Waals surface area contributed by atoms with Crippen LogP contribution in [0.25, 0.3) is 0 Å². The molecule has 1 saturated carbocycles. The monoisotopic (exact) mass is 261 g/mol. The predicted octanol–water partition coefficient (Wildman–Crippen LogP) is 3.17. The second kappa shape index (κ2) is 5.99. The Balaban J connectivity index is 1.87. The molecule has 0 bridgehead atoms. The third-order valence-electron chi connectivity index (χ3n) is 2.99. The van der Waals surface area contributed by atoms with Gasteiger partial charge in [0.05, 0.1) is 4.92 Å². The summed E-state index contributed by atoms with van der Waals surface area (Å²) in [7, 11) is 0. The topological polar surface area (TPSA) is 84.3 Å². The first-order chi connectivity index (χ1) is 9.15. The van der Waals surface area contributed by atoms with Crippen molar-refractivity contribution in [2.75, 3.05) is 5.32 Å². The van der Waals surface area contributed by atoms with E-state index in [1.54, 1.807) is 6.20 Å². The molecule has 19 heavy (non-hydrogen) atoms. The third kappa shape index (κ3) is 3.80. The first-order valence-electron chi connectivity index (χ1n) is 6.15. The van der Waals surface area contributed by atoms with E-state index in [2.05, 4.69) is 10.6 Å². The van der Waals surface area contributed by atoms with Crippen molar-refractivity contribution in [3.8, 4) is 0 Å². The fourth-order valence-electron chi connectivity index (χ4n) is 1.97. The standard InChI is InChI=1S/C13H15N3O3/c17-13(14-9-10-3-1-2-4-10)15-11-5-7-12(8-6-11)16(18)19/h5-9H,1-4H2,(H2,14,15,17).